The number of carboxylic acid groups (broad SMARTS) is 1. The van der Waals surface area contributed by atoms with Crippen LogP contribution in [0.5, 0.6) is 0 Å². The van der Waals surface area contributed by atoms with Crippen LogP contribution in [0.2, 0.25) is 0 Å². The second-order valence-corrected chi connectivity index (χ2v) is 3.57. The number of pyridine rings is 1. The summed E-state index contributed by atoms with van der Waals surface area (Å²) in [5.41, 5.74) is 3.12. The smallest absolute Gasteiger partial charge is 0.336 e. The molecule has 0 aliphatic carbocycles. The van der Waals surface area contributed by atoms with Crippen molar-refractivity contribution in [3.05, 3.63) is 41.1 Å². The van der Waals surface area contributed by atoms with Crippen LogP contribution in [-0.2, 0) is 0 Å². The van der Waals surface area contributed by atoms with Crippen molar-refractivity contribution >= 4 is 16.9 Å². The van der Waals surface area contributed by atoms with Gasteiger partial charge in [0.1, 0.15) is 0 Å². The van der Waals surface area contributed by atoms with E-state index in [0.29, 0.717) is 5.56 Å². The van der Waals surface area contributed by atoms with E-state index in [1.54, 1.807) is 0 Å². The minimum Gasteiger partial charge on any atom is -0.478 e. The van der Waals surface area contributed by atoms with Crippen LogP contribution in [0.4, 0.5) is 0 Å². The molecule has 0 fully saturated rings. The van der Waals surface area contributed by atoms with E-state index in [1.807, 2.05) is 26.0 Å². The fourth-order valence-corrected chi connectivity index (χ4v) is 1.70. The molecule has 1 N–H and O–H groups in total. The molecule has 3 heteroatoms. The van der Waals surface area contributed by atoms with Gasteiger partial charge in [-0.3, -0.25) is 4.98 Å². The number of hydrogen-bond acceptors (Lipinski definition) is 2. The molecular weight excluding hydrogens is 190 g/mol. The predicted molar refractivity (Wildman–Crippen MR) is 58.2 cm³/mol. The lowest BCUT2D eigenvalue weighted by Gasteiger charge is -2.07. The van der Waals surface area contributed by atoms with Crippen LogP contribution in [0, 0.1) is 13.8 Å². The van der Waals surface area contributed by atoms with E-state index >= 15 is 0 Å². The lowest BCUT2D eigenvalue weighted by atomic mass is 10.00. The Morgan fingerprint density at radius 3 is 2.67 bits per heavy atom. The van der Waals surface area contributed by atoms with Crippen LogP contribution in [0.3, 0.4) is 0 Å². The normalized spacial score (nSPS) is 10.5. The maximum absolute atomic E-state index is 11.1. The van der Waals surface area contributed by atoms with Gasteiger partial charge in [-0.25, -0.2) is 4.79 Å². The Morgan fingerprint density at radius 2 is 2.00 bits per heavy atom. The van der Waals surface area contributed by atoms with Crippen LogP contribution in [-0.4, -0.2) is 16.1 Å². The molecule has 2 aromatic rings. The van der Waals surface area contributed by atoms with E-state index in [2.05, 4.69) is 4.98 Å². The van der Waals surface area contributed by atoms with Crippen molar-refractivity contribution in [3.63, 3.8) is 0 Å². The van der Waals surface area contributed by atoms with Gasteiger partial charge >= 0.3 is 5.97 Å². The molecular formula is C12H11NO2. The molecule has 76 valence electrons. The Morgan fingerprint density at radius 1 is 1.27 bits per heavy atom. The molecule has 0 unspecified atom stereocenters. The first-order chi connectivity index (χ1) is 7.11. The van der Waals surface area contributed by atoms with E-state index < -0.39 is 5.97 Å². The zero-order valence-corrected chi connectivity index (χ0v) is 8.61. The average molecular weight is 201 g/mol. The van der Waals surface area contributed by atoms with Gasteiger partial charge in [0.25, 0.3) is 0 Å². The maximum atomic E-state index is 11.1. The number of hydrogen-bond donors (Lipinski definition) is 1. The van der Waals surface area contributed by atoms with Gasteiger partial charge < -0.3 is 5.11 Å². The molecule has 0 spiro atoms. The summed E-state index contributed by atoms with van der Waals surface area (Å²) in [6.45, 7) is 3.89. The summed E-state index contributed by atoms with van der Waals surface area (Å²) in [7, 11) is 0. The van der Waals surface area contributed by atoms with Crippen LogP contribution < -0.4 is 0 Å². The largest absolute Gasteiger partial charge is 0.478 e. The summed E-state index contributed by atoms with van der Waals surface area (Å²) in [6, 6.07) is 5.34. The topological polar surface area (TPSA) is 50.2 Å². The van der Waals surface area contributed by atoms with Gasteiger partial charge in [0.05, 0.1) is 11.1 Å². The molecule has 0 aliphatic heterocycles. The van der Waals surface area contributed by atoms with E-state index in [0.717, 1.165) is 22.0 Å². The Bertz CT molecular complexity index is 547. The van der Waals surface area contributed by atoms with Gasteiger partial charge in [0.15, 0.2) is 0 Å². The number of aromatic nitrogens is 1. The van der Waals surface area contributed by atoms with E-state index in [-0.39, 0.29) is 0 Å². The molecule has 15 heavy (non-hydrogen) atoms. The Kier molecular flexibility index (Phi) is 2.15. The van der Waals surface area contributed by atoms with Crippen LogP contribution in [0.1, 0.15) is 21.5 Å². The molecule has 0 radical (unpaired) electrons. The number of nitrogens with zero attached hydrogens (tertiary/aromatic N) is 1. The highest BCUT2D eigenvalue weighted by atomic mass is 16.4. The predicted octanol–water partition coefficient (Wildman–Crippen LogP) is 2.55. The average Bonchev–Trinajstić information content (AvgIpc) is 2.23. The zero-order valence-electron chi connectivity index (χ0n) is 8.61. The SMILES string of the molecule is Cc1ccc2nccc(C(=O)O)c2c1C. The van der Waals surface area contributed by atoms with Crippen LogP contribution in [0.15, 0.2) is 24.4 Å². The summed E-state index contributed by atoms with van der Waals surface area (Å²) in [4.78, 5) is 15.2. The Hall–Kier alpha value is -1.90. The Labute approximate surface area is 87.4 Å². The zero-order chi connectivity index (χ0) is 11.0. The van der Waals surface area contributed by atoms with E-state index in [9.17, 15) is 4.79 Å². The molecule has 0 aliphatic rings. The second kappa shape index (κ2) is 3.35. The van der Waals surface area contributed by atoms with Crippen molar-refractivity contribution in [2.24, 2.45) is 0 Å². The third-order valence-electron chi connectivity index (χ3n) is 2.67. The molecule has 0 saturated heterocycles. The molecule has 0 saturated carbocycles. The standard InChI is InChI=1S/C12H11NO2/c1-7-3-4-10-11(8(7)2)9(12(14)15)5-6-13-10/h3-6H,1-2H3,(H,14,15). The van der Waals surface area contributed by atoms with E-state index in [1.165, 1.54) is 12.3 Å². The number of fused-ring (bicyclic) bond motifs is 1. The number of carbonyl (C=O) groups is 1. The minimum absolute atomic E-state index is 0.321. The third kappa shape index (κ3) is 1.46. The first-order valence-corrected chi connectivity index (χ1v) is 4.69. The highest BCUT2D eigenvalue weighted by Gasteiger charge is 2.11. The minimum atomic E-state index is -0.906. The lowest BCUT2D eigenvalue weighted by Crippen LogP contribution is -2.00. The molecule has 0 atom stereocenters. The highest BCUT2D eigenvalue weighted by molar-refractivity contribution is 6.03. The molecule has 1 aromatic heterocycles. The molecule has 0 bridgehead atoms. The maximum Gasteiger partial charge on any atom is 0.336 e. The van der Waals surface area contributed by atoms with Gasteiger partial charge in [-0.15, -0.1) is 0 Å². The third-order valence-corrected chi connectivity index (χ3v) is 2.67. The van der Waals surface area contributed by atoms with Crippen molar-refractivity contribution in [1.82, 2.24) is 4.98 Å². The van der Waals surface area contributed by atoms with Gasteiger partial charge in [0, 0.05) is 11.6 Å². The number of rotatable bonds is 1. The number of benzene rings is 1. The summed E-state index contributed by atoms with van der Waals surface area (Å²) in [5.74, 6) is -0.906. The van der Waals surface area contributed by atoms with Crippen molar-refractivity contribution < 1.29 is 9.90 Å². The van der Waals surface area contributed by atoms with Gasteiger partial charge in [-0.2, -0.15) is 0 Å². The lowest BCUT2D eigenvalue weighted by molar-refractivity contribution is 0.0699. The van der Waals surface area contributed by atoms with Crippen molar-refractivity contribution in [2.45, 2.75) is 13.8 Å². The van der Waals surface area contributed by atoms with Crippen molar-refractivity contribution in [2.75, 3.05) is 0 Å². The fraction of sp³-hybridized carbons (Fsp3) is 0.167. The number of aromatic carboxylic acids is 1. The first-order valence-electron chi connectivity index (χ1n) is 4.69. The highest BCUT2D eigenvalue weighted by Crippen LogP contribution is 2.23. The molecule has 3 nitrogen and oxygen atoms in total. The van der Waals surface area contributed by atoms with Gasteiger partial charge in [0.2, 0.25) is 0 Å². The summed E-state index contributed by atoms with van der Waals surface area (Å²) >= 11 is 0. The van der Waals surface area contributed by atoms with Crippen LogP contribution in [0.25, 0.3) is 10.9 Å². The Balaban J connectivity index is 2.94. The first kappa shape index (κ1) is 9.65. The molecule has 2 rings (SSSR count). The molecule has 1 heterocycles. The van der Waals surface area contributed by atoms with Gasteiger partial charge in [-0.05, 0) is 37.1 Å². The van der Waals surface area contributed by atoms with E-state index in [4.69, 9.17) is 5.11 Å². The molecule has 0 amide bonds. The van der Waals surface area contributed by atoms with Crippen molar-refractivity contribution in [3.8, 4) is 0 Å². The van der Waals surface area contributed by atoms with Gasteiger partial charge in [-0.1, -0.05) is 6.07 Å². The second-order valence-electron chi connectivity index (χ2n) is 3.57. The van der Waals surface area contributed by atoms with Crippen LogP contribution >= 0.6 is 0 Å². The number of aryl methyl sites for hydroxylation is 2. The molecule has 1 aromatic carbocycles. The quantitative estimate of drug-likeness (QED) is 0.771. The summed E-state index contributed by atoms with van der Waals surface area (Å²) in [5, 5.41) is 9.81. The summed E-state index contributed by atoms with van der Waals surface area (Å²) in [6.07, 6.45) is 1.53. The number of carboxylic acids is 1. The fourth-order valence-electron chi connectivity index (χ4n) is 1.70. The summed E-state index contributed by atoms with van der Waals surface area (Å²) < 4.78 is 0. The monoisotopic (exact) mass is 201 g/mol. The van der Waals surface area contributed by atoms with Crippen molar-refractivity contribution in [1.29, 1.82) is 0 Å².